The Morgan fingerprint density at radius 2 is 2.04 bits per heavy atom. The maximum absolute atomic E-state index is 14.4. The molecule has 0 aliphatic heterocycles. The van der Waals surface area contributed by atoms with E-state index in [1.807, 2.05) is 6.07 Å². The second-order valence-electron chi connectivity index (χ2n) is 6.94. The molecular formula is C20H19F2NO3S. The third-order valence-electron chi connectivity index (χ3n) is 4.79. The fraction of sp³-hybridized carbons (Fsp3) is 0.400. The molecule has 1 aromatic heterocycles. The van der Waals surface area contributed by atoms with Crippen molar-refractivity contribution in [3.05, 3.63) is 53.2 Å². The number of rotatable bonds is 9. The highest BCUT2D eigenvalue weighted by Crippen LogP contribution is 2.44. The minimum Gasteiger partial charge on any atom is -0.483 e. The lowest BCUT2D eigenvalue weighted by Gasteiger charge is -2.12. The number of hydrogen-bond donors (Lipinski definition) is 0. The number of halogens is 2. The van der Waals surface area contributed by atoms with Crippen LogP contribution >= 0.6 is 11.8 Å². The lowest BCUT2D eigenvalue weighted by atomic mass is 10.1. The van der Waals surface area contributed by atoms with Crippen LogP contribution in [0.15, 0.2) is 35.5 Å². The Bertz CT molecular complexity index is 821. The van der Waals surface area contributed by atoms with Gasteiger partial charge in [-0.2, -0.15) is 0 Å². The van der Waals surface area contributed by atoms with Crippen LogP contribution in [-0.2, 0) is 16.1 Å². The summed E-state index contributed by atoms with van der Waals surface area (Å²) in [5.74, 6) is -0.295. The van der Waals surface area contributed by atoms with E-state index in [0.29, 0.717) is 18.5 Å². The van der Waals surface area contributed by atoms with E-state index in [0.717, 1.165) is 22.3 Å². The minimum atomic E-state index is -0.752. The number of carbonyl (C=O) groups is 1. The molecule has 0 radical (unpaired) electrons. The van der Waals surface area contributed by atoms with Crippen molar-refractivity contribution in [3.63, 3.8) is 0 Å². The number of thioether (sulfide) groups is 1. The highest BCUT2D eigenvalue weighted by atomic mass is 32.2. The third kappa shape index (κ3) is 4.40. The Balaban J connectivity index is 1.43. The second-order valence-corrected chi connectivity index (χ2v) is 7.95. The van der Waals surface area contributed by atoms with E-state index in [1.54, 1.807) is 24.0 Å². The number of aromatic nitrogens is 1. The Kier molecular flexibility index (Phi) is 5.29. The molecule has 2 fully saturated rings. The Morgan fingerprint density at radius 3 is 2.74 bits per heavy atom. The van der Waals surface area contributed by atoms with Crippen molar-refractivity contribution in [2.24, 2.45) is 5.92 Å². The van der Waals surface area contributed by atoms with Crippen molar-refractivity contribution in [1.82, 2.24) is 4.98 Å². The van der Waals surface area contributed by atoms with E-state index in [4.69, 9.17) is 9.47 Å². The normalized spacial score (nSPS) is 21.0. The quantitative estimate of drug-likeness (QED) is 0.466. The molecule has 2 unspecified atom stereocenters. The van der Waals surface area contributed by atoms with Gasteiger partial charge in [-0.3, -0.25) is 4.79 Å². The molecule has 2 aliphatic carbocycles. The van der Waals surface area contributed by atoms with Crippen LogP contribution in [0.4, 0.5) is 8.78 Å². The summed E-state index contributed by atoms with van der Waals surface area (Å²) >= 11 is 1.66. The van der Waals surface area contributed by atoms with E-state index in [2.05, 4.69) is 4.98 Å². The summed E-state index contributed by atoms with van der Waals surface area (Å²) in [6.07, 6.45) is 4.51. The fourth-order valence-electron chi connectivity index (χ4n) is 2.97. The molecule has 0 saturated heterocycles. The maximum Gasteiger partial charge on any atom is 0.293 e. The van der Waals surface area contributed by atoms with Crippen molar-refractivity contribution >= 4 is 18.2 Å². The van der Waals surface area contributed by atoms with E-state index in [-0.39, 0.29) is 18.6 Å². The van der Waals surface area contributed by atoms with Gasteiger partial charge in [-0.15, -0.1) is 11.8 Å². The predicted octanol–water partition coefficient (Wildman–Crippen LogP) is 4.47. The Labute approximate surface area is 160 Å². The molecule has 1 heterocycles. The van der Waals surface area contributed by atoms with Crippen LogP contribution < -0.4 is 4.74 Å². The van der Waals surface area contributed by atoms with Crippen LogP contribution in [0, 0.1) is 17.6 Å². The first-order valence-electron chi connectivity index (χ1n) is 8.93. The van der Waals surface area contributed by atoms with Crippen molar-refractivity contribution < 1.29 is 23.0 Å². The number of carbonyl (C=O) groups excluding carboxylic acids is 1. The molecule has 7 heteroatoms. The van der Waals surface area contributed by atoms with Crippen molar-refractivity contribution in [2.75, 3.05) is 5.75 Å². The van der Waals surface area contributed by atoms with Gasteiger partial charge in [-0.1, -0.05) is 6.07 Å². The van der Waals surface area contributed by atoms with Crippen molar-refractivity contribution in [3.8, 4) is 5.75 Å². The molecular weight excluding hydrogens is 372 g/mol. The Morgan fingerprint density at radius 1 is 1.26 bits per heavy atom. The average Bonchev–Trinajstić information content (AvgIpc) is 3.56. The highest BCUT2D eigenvalue weighted by Gasteiger charge is 2.41. The van der Waals surface area contributed by atoms with Gasteiger partial charge in [0.15, 0.2) is 17.4 Å². The van der Waals surface area contributed by atoms with Gasteiger partial charge in [-0.05, 0) is 48.9 Å². The summed E-state index contributed by atoms with van der Waals surface area (Å²) in [7, 11) is 0. The van der Waals surface area contributed by atoms with Crippen LogP contribution in [0.25, 0.3) is 0 Å². The van der Waals surface area contributed by atoms with Crippen LogP contribution in [-0.4, -0.2) is 23.3 Å². The maximum atomic E-state index is 14.4. The molecule has 4 rings (SSSR count). The standard InChI is InChI=1S/C20H19F2NO3S/c21-16-6-14(15-8-18(15)26-11-24)7-17(22)19(16)25-9-13-2-1-5-23-20(13)27-10-12-3-4-12/h1-2,5-7,11-12,15,18H,3-4,8-10H2. The number of ether oxygens (including phenoxy) is 2. The van der Waals surface area contributed by atoms with Gasteiger partial charge in [0.1, 0.15) is 17.7 Å². The van der Waals surface area contributed by atoms with E-state index >= 15 is 0 Å². The summed E-state index contributed by atoms with van der Waals surface area (Å²) in [5, 5.41) is 0.841. The van der Waals surface area contributed by atoms with Gasteiger partial charge in [0.2, 0.25) is 0 Å². The smallest absolute Gasteiger partial charge is 0.293 e. The molecule has 0 amide bonds. The van der Waals surface area contributed by atoms with E-state index in [1.165, 1.54) is 25.0 Å². The zero-order valence-corrected chi connectivity index (χ0v) is 15.4. The summed E-state index contributed by atoms with van der Waals surface area (Å²) in [6.45, 7) is 0.413. The second kappa shape index (κ2) is 7.84. The first-order valence-corrected chi connectivity index (χ1v) is 9.91. The Hall–Kier alpha value is -2.15. The first-order chi connectivity index (χ1) is 13.2. The first kappa shape index (κ1) is 18.2. The van der Waals surface area contributed by atoms with Crippen molar-refractivity contribution in [1.29, 1.82) is 0 Å². The fourth-order valence-corrected chi connectivity index (χ4v) is 4.15. The molecule has 0 spiro atoms. The minimum absolute atomic E-state index is 0.0499. The molecule has 4 nitrogen and oxygen atoms in total. The largest absolute Gasteiger partial charge is 0.483 e. The van der Waals surface area contributed by atoms with Gasteiger partial charge in [0, 0.05) is 23.4 Å². The third-order valence-corrected chi connectivity index (χ3v) is 6.06. The van der Waals surface area contributed by atoms with E-state index in [9.17, 15) is 13.6 Å². The molecule has 2 atom stereocenters. The van der Waals surface area contributed by atoms with Gasteiger partial charge >= 0.3 is 0 Å². The lowest BCUT2D eigenvalue weighted by molar-refractivity contribution is -0.129. The highest BCUT2D eigenvalue weighted by molar-refractivity contribution is 7.99. The number of benzene rings is 1. The molecule has 2 saturated carbocycles. The van der Waals surface area contributed by atoms with Crippen LogP contribution in [0.1, 0.15) is 36.3 Å². The molecule has 2 aliphatic rings. The molecule has 27 heavy (non-hydrogen) atoms. The molecule has 2 aromatic rings. The van der Waals surface area contributed by atoms with Crippen LogP contribution in [0.2, 0.25) is 0 Å². The zero-order chi connectivity index (χ0) is 18.8. The number of pyridine rings is 1. The monoisotopic (exact) mass is 391 g/mol. The zero-order valence-electron chi connectivity index (χ0n) is 14.6. The van der Waals surface area contributed by atoms with Gasteiger partial charge < -0.3 is 9.47 Å². The van der Waals surface area contributed by atoms with Crippen LogP contribution in [0.3, 0.4) is 0 Å². The number of nitrogens with zero attached hydrogens (tertiary/aromatic N) is 1. The summed E-state index contributed by atoms with van der Waals surface area (Å²) in [5.41, 5.74) is 1.29. The van der Waals surface area contributed by atoms with Gasteiger partial charge in [0.25, 0.3) is 6.47 Å². The molecule has 142 valence electrons. The average molecular weight is 391 g/mol. The van der Waals surface area contributed by atoms with Crippen LogP contribution in [0.5, 0.6) is 5.75 Å². The van der Waals surface area contributed by atoms with E-state index < -0.39 is 17.4 Å². The molecule has 0 bridgehead atoms. The molecule has 1 aromatic carbocycles. The topological polar surface area (TPSA) is 48.4 Å². The summed E-state index contributed by atoms with van der Waals surface area (Å²) in [4.78, 5) is 14.7. The van der Waals surface area contributed by atoms with Gasteiger partial charge in [-0.25, -0.2) is 13.8 Å². The summed E-state index contributed by atoms with van der Waals surface area (Å²) in [6, 6.07) is 6.15. The molecule has 0 N–H and O–H groups in total. The predicted molar refractivity (Wildman–Crippen MR) is 96.7 cm³/mol. The SMILES string of the molecule is O=COC1CC1c1cc(F)c(OCc2cccnc2SCC2CC2)c(F)c1. The summed E-state index contributed by atoms with van der Waals surface area (Å²) < 4.78 is 39.0. The lowest BCUT2D eigenvalue weighted by Crippen LogP contribution is -2.04. The van der Waals surface area contributed by atoms with Gasteiger partial charge in [0.05, 0.1) is 0 Å². The van der Waals surface area contributed by atoms with Crippen molar-refractivity contribution in [2.45, 2.75) is 42.9 Å². The number of hydrogen-bond acceptors (Lipinski definition) is 5.